The fourth-order valence-electron chi connectivity index (χ4n) is 2.32. The number of halogens is 1. The van der Waals surface area contributed by atoms with E-state index in [4.69, 9.17) is 16.3 Å². The van der Waals surface area contributed by atoms with Gasteiger partial charge in [0.15, 0.2) is 6.29 Å². The molecule has 1 fully saturated rings. The maximum atomic E-state index is 11.8. The highest BCUT2D eigenvalue weighted by Crippen LogP contribution is 2.26. The topological polar surface area (TPSA) is 64.4 Å². The van der Waals surface area contributed by atoms with E-state index < -0.39 is 0 Å². The molecule has 20 heavy (non-hydrogen) atoms. The summed E-state index contributed by atoms with van der Waals surface area (Å²) in [4.78, 5) is 24.5. The summed E-state index contributed by atoms with van der Waals surface area (Å²) in [6.45, 7) is 4.83. The van der Waals surface area contributed by atoms with Gasteiger partial charge in [-0.2, -0.15) is 5.10 Å². The highest BCUT2D eigenvalue weighted by atomic mass is 35.5. The molecular weight excluding hydrogens is 282 g/mol. The van der Waals surface area contributed by atoms with Crippen LogP contribution in [0.2, 0.25) is 5.02 Å². The Bertz CT molecular complexity index is 493. The number of aromatic nitrogens is 2. The van der Waals surface area contributed by atoms with Crippen LogP contribution in [0.4, 0.5) is 4.79 Å². The smallest absolute Gasteiger partial charge is 0.410 e. The molecule has 2 rings (SSSR count). The number of ether oxygens (including phenoxy) is 1. The molecule has 1 aromatic heterocycles. The molecular formula is C13H18ClN3O3. The SMILES string of the molecule is CC(C)OC(=O)N1CCC(n2ncc(Cl)c2C=O)CC1. The number of hydrogen-bond donors (Lipinski definition) is 0. The Morgan fingerprint density at radius 1 is 1.50 bits per heavy atom. The van der Waals surface area contributed by atoms with Gasteiger partial charge in [-0.3, -0.25) is 9.48 Å². The minimum Gasteiger partial charge on any atom is -0.447 e. The third-order valence-corrected chi connectivity index (χ3v) is 3.59. The molecule has 0 unspecified atom stereocenters. The molecule has 1 aromatic rings. The van der Waals surface area contributed by atoms with Gasteiger partial charge in [-0.05, 0) is 26.7 Å². The number of piperidine rings is 1. The molecule has 110 valence electrons. The number of carbonyl (C=O) groups is 2. The van der Waals surface area contributed by atoms with Gasteiger partial charge in [-0.25, -0.2) is 4.79 Å². The summed E-state index contributed by atoms with van der Waals surface area (Å²) in [5.74, 6) is 0. The first-order valence-corrected chi connectivity index (χ1v) is 7.04. The van der Waals surface area contributed by atoms with E-state index in [-0.39, 0.29) is 18.2 Å². The second-order valence-electron chi connectivity index (χ2n) is 5.09. The lowest BCUT2D eigenvalue weighted by molar-refractivity contribution is 0.0650. The zero-order chi connectivity index (χ0) is 14.7. The molecule has 0 spiro atoms. The summed E-state index contributed by atoms with van der Waals surface area (Å²) in [6.07, 6.45) is 3.25. The van der Waals surface area contributed by atoms with Crippen LogP contribution < -0.4 is 0 Å². The Kier molecular flexibility index (Phi) is 4.65. The summed E-state index contributed by atoms with van der Waals surface area (Å²) in [7, 11) is 0. The molecule has 7 heteroatoms. The number of aldehydes is 1. The maximum absolute atomic E-state index is 11.8. The van der Waals surface area contributed by atoms with Crippen LogP contribution >= 0.6 is 11.6 Å². The number of amides is 1. The van der Waals surface area contributed by atoms with Crippen LogP contribution in [0.3, 0.4) is 0 Å². The van der Waals surface area contributed by atoms with Gasteiger partial charge in [-0.15, -0.1) is 0 Å². The summed E-state index contributed by atoms with van der Waals surface area (Å²) in [5, 5.41) is 4.51. The van der Waals surface area contributed by atoms with Crippen LogP contribution in [0.15, 0.2) is 6.20 Å². The van der Waals surface area contributed by atoms with Crippen molar-refractivity contribution in [3.8, 4) is 0 Å². The van der Waals surface area contributed by atoms with Crippen molar-refractivity contribution >= 4 is 24.0 Å². The third kappa shape index (κ3) is 3.12. The number of hydrogen-bond acceptors (Lipinski definition) is 4. The minimum atomic E-state index is -0.285. The van der Waals surface area contributed by atoms with E-state index in [2.05, 4.69) is 5.10 Å². The fourth-order valence-corrected chi connectivity index (χ4v) is 2.50. The van der Waals surface area contributed by atoms with Crippen molar-refractivity contribution in [2.75, 3.05) is 13.1 Å². The highest BCUT2D eigenvalue weighted by Gasteiger charge is 2.27. The van der Waals surface area contributed by atoms with Gasteiger partial charge in [0.2, 0.25) is 0 Å². The Labute approximate surface area is 122 Å². The predicted molar refractivity (Wildman–Crippen MR) is 74.1 cm³/mol. The van der Waals surface area contributed by atoms with Crippen molar-refractivity contribution in [3.05, 3.63) is 16.9 Å². The molecule has 0 atom stereocenters. The van der Waals surface area contributed by atoms with E-state index in [1.54, 1.807) is 9.58 Å². The van der Waals surface area contributed by atoms with Crippen LogP contribution in [0.1, 0.15) is 43.2 Å². The number of likely N-dealkylation sites (tertiary alicyclic amines) is 1. The molecule has 0 saturated carbocycles. The molecule has 0 N–H and O–H groups in total. The molecule has 0 radical (unpaired) electrons. The third-order valence-electron chi connectivity index (χ3n) is 3.30. The standard InChI is InChI=1S/C13H18ClN3O3/c1-9(2)20-13(19)16-5-3-10(4-6-16)17-12(8-18)11(14)7-15-17/h7-10H,3-6H2,1-2H3. The van der Waals surface area contributed by atoms with E-state index in [1.807, 2.05) is 13.8 Å². The molecule has 1 saturated heterocycles. The van der Waals surface area contributed by atoms with Gasteiger partial charge in [-0.1, -0.05) is 11.6 Å². The van der Waals surface area contributed by atoms with Crippen molar-refractivity contribution in [2.24, 2.45) is 0 Å². The van der Waals surface area contributed by atoms with Gasteiger partial charge >= 0.3 is 6.09 Å². The normalized spacial score (nSPS) is 16.5. The molecule has 2 heterocycles. The second kappa shape index (κ2) is 6.26. The van der Waals surface area contributed by atoms with Gasteiger partial charge in [0.05, 0.1) is 23.4 Å². The summed E-state index contributed by atoms with van der Waals surface area (Å²) in [5.41, 5.74) is 0.398. The predicted octanol–water partition coefficient (Wildman–Crippen LogP) is 2.53. The Morgan fingerprint density at radius 3 is 2.70 bits per heavy atom. The van der Waals surface area contributed by atoms with E-state index in [0.717, 1.165) is 12.8 Å². The van der Waals surface area contributed by atoms with Crippen LogP contribution in [-0.2, 0) is 4.74 Å². The molecule has 1 aliphatic rings. The van der Waals surface area contributed by atoms with Gasteiger partial charge in [0, 0.05) is 13.1 Å². The molecule has 0 aromatic carbocycles. The zero-order valence-corrected chi connectivity index (χ0v) is 12.3. The van der Waals surface area contributed by atoms with Crippen molar-refractivity contribution in [3.63, 3.8) is 0 Å². The van der Waals surface area contributed by atoms with E-state index in [0.29, 0.717) is 30.1 Å². The van der Waals surface area contributed by atoms with Crippen LogP contribution in [0.5, 0.6) is 0 Å². The minimum absolute atomic E-state index is 0.0887. The van der Waals surface area contributed by atoms with Crippen molar-refractivity contribution in [1.82, 2.24) is 14.7 Å². The highest BCUT2D eigenvalue weighted by molar-refractivity contribution is 6.32. The number of nitrogens with zero attached hydrogens (tertiary/aromatic N) is 3. The lowest BCUT2D eigenvalue weighted by Gasteiger charge is -2.32. The zero-order valence-electron chi connectivity index (χ0n) is 11.6. The van der Waals surface area contributed by atoms with Gasteiger partial charge in [0.25, 0.3) is 0 Å². The maximum Gasteiger partial charge on any atom is 0.410 e. The summed E-state index contributed by atoms with van der Waals surface area (Å²) in [6, 6.07) is 0.0887. The molecule has 1 amide bonds. The lowest BCUT2D eigenvalue weighted by atomic mass is 10.1. The van der Waals surface area contributed by atoms with Crippen LogP contribution in [0, 0.1) is 0 Å². The first-order chi connectivity index (χ1) is 9.52. The molecule has 1 aliphatic heterocycles. The number of rotatable bonds is 3. The monoisotopic (exact) mass is 299 g/mol. The summed E-state index contributed by atoms with van der Waals surface area (Å²) >= 11 is 5.90. The number of carbonyl (C=O) groups excluding carboxylic acids is 2. The van der Waals surface area contributed by atoms with E-state index >= 15 is 0 Å². The molecule has 0 bridgehead atoms. The lowest BCUT2D eigenvalue weighted by Crippen LogP contribution is -2.40. The average molecular weight is 300 g/mol. The summed E-state index contributed by atoms with van der Waals surface area (Å²) < 4.78 is 6.82. The second-order valence-corrected chi connectivity index (χ2v) is 5.50. The van der Waals surface area contributed by atoms with E-state index in [9.17, 15) is 9.59 Å². The van der Waals surface area contributed by atoms with Crippen LogP contribution in [0.25, 0.3) is 0 Å². The first-order valence-electron chi connectivity index (χ1n) is 6.66. The van der Waals surface area contributed by atoms with Crippen LogP contribution in [-0.4, -0.2) is 46.3 Å². The Hall–Kier alpha value is -1.56. The fraction of sp³-hybridized carbons (Fsp3) is 0.615. The van der Waals surface area contributed by atoms with E-state index in [1.165, 1.54) is 6.20 Å². The van der Waals surface area contributed by atoms with Crippen molar-refractivity contribution in [2.45, 2.75) is 38.8 Å². The largest absolute Gasteiger partial charge is 0.447 e. The quantitative estimate of drug-likeness (QED) is 0.805. The Balaban J connectivity index is 1.97. The van der Waals surface area contributed by atoms with Gasteiger partial charge in [0.1, 0.15) is 5.69 Å². The molecule has 0 aliphatic carbocycles. The first kappa shape index (κ1) is 14.8. The molecule has 6 nitrogen and oxygen atoms in total. The average Bonchev–Trinajstić information content (AvgIpc) is 2.79. The van der Waals surface area contributed by atoms with Gasteiger partial charge < -0.3 is 9.64 Å². The van der Waals surface area contributed by atoms with Crippen molar-refractivity contribution in [1.29, 1.82) is 0 Å². The van der Waals surface area contributed by atoms with Crippen molar-refractivity contribution < 1.29 is 14.3 Å². The Morgan fingerprint density at radius 2 is 2.15 bits per heavy atom.